The lowest BCUT2D eigenvalue weighted by Gasteiger charge is -2.15. The first-order valence-electron chi connectivity index (χ1n) is 11.0. The van der Waals surface area contributed by atoms with Gasteiger partial charge in [0.05, 0.1) is 39.0 Å². The van der Waals surface area contributed by atoms with Crippen LogP contribution in [0, 0.1) is 29.9 Å². The summed E-state index contributed by atoms with van der Waals surface area (Å²) in [6, 6.07) is 11.1. The number of fused-ring (bicyclic) bond motifs is 1. The molecule has 0 fully saturated rings. The Morgan fingerprint density at radius 2 is 1.80 bits per heavy atom. The predicted octanol–water partition coefficient (Wildman–Crippen LogP) is 6.81. The van der Waals surface area contributed by atoms with Crippen molar-refractivity contribution in [1.82, 2.24) is 15.0 Å². The molecule has 0 atom stereocenters. The number of aryl methyl sites for hydroxylation is 1. The van der Waals surface area contributed by atoms with Crippen molar-refractivity contribution in [2.24, 2.45) is 0 Å². The van der Waals surface area contributed by atoms with Crippen molar-refractivity contribution < 1.29 is 8.78 Å². The topological polar surface area (TPSA) is 74.5 Å². The Bertz CT molecular complexity index is 1400. The van der Waals surface area contributed by atoms with Crippen LogP contribution in [-0.4, -0.2) is 28.3 Å². The van der Waals surface area contributed by atoms with Crippen molar-refractivity contribution >= 4 is 41.7 Å². The number of nitriles is 1. The van der Waals surface area contributed by atoms with Gasteiger partial charge in [-0.3, -0.25) is 4.98 Å². The highest BCUT2D eigenvalue weighted by Gasteiger charge is 2.18. The molecule has 0 saturated heterocycles. The summed E-state index contributed by atoms with van der Waals surface area (Å²) in [5, 5.41) is 12.5. The highest BCUT2D eigenvalue weighted by Crippen LogP contribution is 2.34. The summed E-state index contributed by atoms with van der Waals surface area (Å²) in [5.41, 5.74) is 3.83. The molecule has 3 heterocycles. The summed E-state index contributed by atoms with van der Waals surface area (Å²) in [5.74, 6) is -0.981. The zero-order chi connectivity index (χ0) is 25.7. The van der Waals surface area contributed by atoms with E-state index in [0.29, 0.717) is 44.1 Å². The maximum absolute atomic E-state index is 15.0. The van der Waals surface area contributed by atoms with Gasteiger partial charge in [-0.25, -0.2) is 18.7 Å². The quantitative estimate of drug-likeness (QED) is 0.298. The van der Waals surface area contributed by atoms with Gasteiger partial charge in [0.1, 0.15) is 17.0 Å². The molecule has 0 unspecified atom stereocenters. The van der Waals surface area contributed by atoms with Gasteiger partial charge in [0.2, 0.25) is 0 Å². The van der Waals surface area contributed by atoms with Crippen LogP contribution in [0.1, 0.15) is 30.7 Å². The standard InChI is InChI=1S/C24H19ClF2N5P.C2H6/c1-13-21(25)24(30-12-16-8-14(10-28)4-6-17(16)26)23-19(31-13)9-18(27)22(32-23)15-5-7-20(29-11-15)33(2)3;1-2/h4-9,11H,12H2,1-3H3,(H,30,31);1-2H3. The highest BCUT2D eigenvalue weighted by atomic mass is 35.5. The summed E-state index contributed by atoms with van der Waals surface area (Å²) >= 11 is 6.52. The number of anilines is 1. The fourth-order valence-corrected chi connectivity index (χ4v) is 4.24. The normalized spacial score (nSPS) is 10.6. The lowest BCUT2D eigenvalue weighted by Crippen LogP contribution is -2.07. The number of nitrogens with one attached hydrogen (secondary N) is 1. The van der Waals surface area contributed by atoms with Crippen LogP contribution < -0.4 is 10.8 Å². The molecule has 0 aliphatic heterocycles. The molecule has 0 bridgehead atoms. The van der Waals surface area contributed by atoms with E-state index >= 15 is 0 Å². The van der Waals surface area contributed by atoms with E-state index in [0.717, 1.165) is 5.44 Å². The maximum atomic E-state index is 15.0. The van der Waals surface area contributed by atoms with Gasteiger partial charge in [-0.05, 0) is 50.6 Å². The predicted molar refractivity (Wildman–Crippen MR) is 141 cm³/mol. The summed E-state index contributed by atoms with van der Waals surface area (Å²) in [4.78, 5) is 13.3. The van der Waals surface area contributed by atoms with Crippen LogP contribution in [-0.2, 0) is 6.54 Å². The number of halogens is 3. The van der Waals surface area contributed by atoms with Crippen molar-refractivity contribution in [2.45, 2.75) is 27.3 Å². The summed E-state index contributed by atoms with van der Waals surface area (Å²) in [6.07, 6.45) is 1.61. The zero-order valence-electron chi connectivity index (χ0n) is 20.1. The van der Waals surface area contributed by atoms with E-state index in [-0.39, 0.29) is 20.2 Å². The van der Waals surface area contributed by atoms with Gasteiger partial charge >= 0.3 is 0 Å². The Balaban J connectivity index is 0.00000167. The molecule has 9 heteroatoms. The van der Waals surface area contributed by atoms with Crippen LogP contribution >= 0.6 is 19.5 Å². The molecule has 180 valence electrons. The number of aromatic nitrogens is 3. The fraction of sp³-hybridized carbons (Fsp3) is 0.231. The molecule has 0 aliphatic rings. The van der Waals surface area contributed by atoms with Crippen LogP contribution in [0.15, 0.2) is 42.6 Å². The van der Waals surface area contributed by atoms with Crippen LogP contribution in [0.4, 0.5) is 14.5 Å². The van der Waals surface area contributed by atoms with Gasteiger partial charge in [0.25, 0.3) is 0 Å². The van der Waals surface area contributed by atoms with Gasteiger partial charge in [-0.15, -0.1) is 0 Å². The molecule has 1 aromatic carbocycles. The third-order valence-electron chi connectivity index (χ3n) is 5.13. The Morgan fingerprint density at radius 1 is 1.06 bits per heavy atom. The van der Waals surface area contributed by atoms with E-state index in [4.69, 9.17) is 16.9 Å². The molecule has 0 radical (unpaired) electrons. The van der Waals surface area contributed by atoms with Crippen molar-refractivity contribution in [3.63, 3.8) is 0 Å². The molecule has 5 nitrogen and oxygen atoms in total. The van der Waals surface area contributed by atoms with E-state index in [9.17, 15) is 8.78 Å². The molecule has 0 aliphatic carbocycles. The molecule has 4 aromatic rings. The minimum atomic E-state index is -0.528. The first-order valence-corrected chi connectivity index (χ1v) is 13.6. The molecule has 0 amide bonds. The van der Waals surface area contributed by atoms with Crippen molar-refractivity contribution in [3.8, 4) is 17.3 Å². The number of hydrogen-bond acceptors (Lipinski definition) is 5. The highest BCUT2D eigenvalue weighted by molar-refractivity contribution is 7.63. The Morgan fingerprint density at radius 3 is 2.43 bits per heavy atom. The second kappa shape index (κ2) is 11.5. The van der Waals surface area contributed by atoms with Crippen molar-refractivity contribution in [3.05, 3.63) is 76.1 Å². The fourth-order valence-electron chi connectivity index (χ4n) is 3.38. The van der Waals surface area contributed by atoms with Crippen LogP contribution in [0.5, 0.6) is 0 Å². The second-order valence-corrected chi connectivity index (χ2v) is 10.3. The third kappa shape index (κ3) is 5.73. The molecule has 0 saturated carbocycles. The minimum absolute atomic E-state index is 0.0564. The zero-order valence-corrected chi connectivity index (χ0v) is 21.8. The van der Waals surface area contributed by atoms with E-state index < -0.39 is 11.6 Å². The smallest absolute Gasteiger partial charge is 0.151 e. The average Bonchev–Trinajstić information content (AvgIpc) is 2.86. The summed E-state index contributed by atoms with van der Waals surface area (Å²) in [7, 11) is -0.373. The lowest BCUT2D eigenvalue weighted by molar-refractivity contribution is 0.613. The molecule has 3 aromatic heterocycles. The van der Waals surface area contributed by atoms with Gasteiger partial charge in [-0.2, -0.15) is 5.26 Å². The number of benzene rings is 1. The van der Waals surface area contributed by atoms with Crippen molar-refractivity contribution in [2.75, 3.05) is 18.6 Å². The van der Waals surface area contributed by atoms with Crippen molar-refractivity contribution in [1.29, 1.82) is 5.26 Å². The molecule has 35 heavy (non-hydrogen) atoms. The average molecular weight is 512 g/mol. The number of rotatable bonds is 5. The molecule has 1 N–H and O–H groups in total. The largest absolute Gasteiger partial charge is 0.378 e. The SMILES string of the molecule is CC.Cc1nc2cc(F)c(-c3ccc(P(C)C)nc3)nc2c(NCc2cc(C#N)ccc2F)c1Cl. The molecular formula is C26H25ClF2N5P. The minimum Gasteiger partial charge on any atom is -0.378 e. The van der Waals surface area contributed by atoms with E-state index in [1.54, 1.807) is 19.2 Å². The maximum Gasteiger partial charge on any atom is 0.151 e. The van der Waals surface area contributed by atoms with E-state index in [2.05, 4.69) is 33.6 Å². The van der Waals surface area contributed by atoms with Crippen LogP contribution in [0.25, 0.3) is 22.3 Å². The summed E-state index contributed by atoms with van der Waals surface area (Å²) in [6.45, 7) is 9.94. The Labute approximate surface area is 210 Å². The first-order chi connectivity index (χ1) is 16.8. The molecule has 0 spiro atoms. The van der Waals surface area contributed by atoms with Gasteiger partial charge < -0.3 is 5.32 Å². The van der Waals surface area contributed by atoms with Crippen LogP contribution in [0.3, 0.4) is 0 Å². The van der Waals surface area contributed by atoms with E-state index in [1.165, 1.54) is 24.3 Å². The van der Waals surface area contributed by atoms with Gasteiger partial charge in [0, 0.05) is 29.9 Å². The van der Waals surface area contributed by atoms with Crippen LogP contribution in [0.2, 0.25) is 5.02 Å². The van der Waals surface area contributed by atoms with Gasteiger partial charge in [0.15, 0.2) is 5.82 Å². The molecule has 4 rings (SSSR count). The third-order valence-corrected chi connectivity index (χ3v) is 6.77. The molecular weight excluding hydrogens is 487 g/mol. The lowest BCUT2D eigenvalue weighted by atomic mass is 10.1. The monoisotopic (exact) mass is 511 g/mol. The Kier molecular flexibility index (Phi) is 8.67. The van der Waals surface area contributed by atoms with Gasteiger partial charge in [-0.1, -0.05) is 33.4 Å². The number of nitrogens with zero attached hydrogens (tertiary/aromatic N) is 4. The van der Waals surface area contributed by atoms with E-state index in [1.807, 2.05) is 26.0 Å². The Hall–Kier alpha value is -3.20. The first kappa shape index (κ1) is 26.4. The summed E-state index contributed by atoms with van der Waals surface area (Å²) < 4.78 is 29.2. The number of pyridine rings is 3. The number of hydrogen-bond donors (Lipinski definition) is 1. The second-order valence-electron chi connectivity index (χ2n) is 7.64.